The van der Waals surface area contributed by atoms with Crippen LogP contribution in [-0.4, -0.2) is 25.5 Å². The molecule has 2 N–H and O–H groups in total. The zero-order valence-electron chi connectivity index (χ0n) is 13.8. The van der Waals surface area contributed by atoms with E-state index in [0.717, 1.165) is 23.8 Å². The first-order valence-electron chi connectivity index (χ1n) is 8.23. The lowest BCUT2D eigenvalue weighted by Gasteiger charge is -2.17. The standard InChI is InChI=1S/C20H22N2O2/c1-21-16(11-10-15-6-3-2-4-7-15)14-22-20(23)18-8-5-9-19-17(18)12-13-24-19/h2-9,12-13,16,21H,10-11,14H2,1H3,(H,22,23). The summed E-state index contributed by atoms with van der Waals surface area (Å²) in [7, 11) is 1.93. The van der Waals surface area contributed by atoms with Crippen LogP contribution in [-0.2, 0) is 6.42 Å². The van der Waals surface area contributed by atoms with Crippen LogP contribution in [0.25, 0.3) is 11.0 Å². The van der Waals surface area contributed by atoms with Crippen molar-refractivity contribution in [3.05, 3.63) is 72.0 Å². The number of amides is 1. The Kier molecular flexibility index (Phi) is 5.29. The van der Waals surface area contributed by atoms with E-state index in [4.69, 9.17) is 4.42 Å². The van der Waals surface area contributed by atoms with Crippen molar-refractivity contribution >= 4 is 16.9 Å². The molecule has 0 saturated heterocycles. The first-order chi connectivity index (χ1) is 11.8. The van der Waals surface area contributed by atoms with Crippen molar-refractivity contribution in [3.8, 4) is 0 Å². The van der Waals surface area contributed by atoms with Crippen LogP contribution in [0.2, 0.25) is 0 Å². The zero-order valence-corrected chi connectivity index (χ0v) is 13.8. The number of benzene rings is 2. The van der Waals surface area contributed by atoms with E-state index >= 15 is 0 Å². The number of fused-ring (bicyclic) bond motifs is 1. The lowest BCUT2D eigenvalue weighted by molar-refractivity contribution is 0.0951. The molecule has 0 aliphatic heterocycles. The number of hydrogen-bond acceptors (Lipinski definition) is 3. The van der Waals surface area contributed by atoms with Crippen molar-refractivity contribution in [2.75, 3.05) is 13.6 Å². The van der Waals surface area contributed by atoms with E-state index < -0.39 is 0 Å². The average Bonchev–Trinajstić information content (AvgIpc) is 3.11. The summed E-state index contributed by atoms with van der Waals surface area (Å²) >= 11 is 0. The van der Waals surface area contributed by atoms with E-state index in [9.17, 15) is 4.79 Å². The van der Waals surface area contributed by atoms with Crippen molar-refractivity contribution in [2.45, 2.75) is 18.9 Å². The van der Waals surface area contributed by atoms with Gasteiger partial charge in [0.15, 0.2) is 0 Å². The Morgan fingerprint density at radius 3 is 2.71 bits per heavy atom. The van der Waals surface area contributed by atoms with Crippen LogP contribution in [0.5, 0.6) is 0 Å². The summed E-state index contributed by atoms with van der Waals surface area (Å²) in [6, 6.07) is 18.0. The second-order valence-corrected chi connectivity index (χ2v) is 5.86. The van der Waals surface area contributed by atoms with E-state index in [1.54, 1.807) is 6.26 Å². The third-order valence-corrected chi connectivity index (χ3v) is 4.28. The second-order valence-electron chi connectivity index (χ2n) is 5.86. The second kappa shape index (κ2) is 7.79. The van der Waals surface area contributed by atoms with Gasteiger partial charge in [0.05, 0.1) is 11.8 Å². The Labute approximate surface area is 141 Å². The molecule has 0 spiro atoms. The van der Waals surface area contributed by atoms with Gasteiger partial charge in [0.25, 0.3) is 5.91 Å². The summed E-state index contributed by atoms with van der Waals surface area (Å²) in [4.78, 5) is 12.5. The highest BCUT2D eigenvalue weighted by molar-refractivity contribution is 6.05. The molecule has 24 heavy (non-hydrogen) atoms. The molecule has 0 fully saturated rings. The first-order valence-corrected chi connectivity index (χ1v) is 8.23. The molecular formula is C20H22N2O2. The fourth-order valence-electron chi connectivity index (χ4n) is 2.84. The minimum absolute atomic E-state index is 0.0676. The van der Waals surface area contributed by atoms with Crippen molar-refractivity contribution in [1.29, 1.82) is 0 Å². The minimum atomic E-state index is -0.0676. The highest BCUT2D eigenvalue weighted by Crippen LogP contribution is 2.19. The van der Waals surface area contributed by atoms with Crippen LogP contribution < -0.4 is 10.6 Å². The smallest absolute Gasteiger partial charge is 0.252 e. The molecule has 0 aliphatic carbocycles. The Hall–Kier alpha value is -2.59. The van der Waals surface area contributed by atoms with Crippen LogP contribution >= 0.6 is 0 Å². The molecular weight excluding hydrogens is 300 g/mol. The third-order valence-electron chi connectivity index (χ3n) is 4.28. The van der Waals surface area contributed by atoms with Crippen LogP contribution in [0.15, 0.2) is 65.3 Å². The number of likely N-dealkylation sites (N-methyl/N-ethyl adjacent to an activating group) is 1. The highest BCUT2D eigenvalue weighted by Gasteiger charge is 2.13. The molecule has 0 aliphatic rings. The van der Waals surface area contributed by atoms with Crippen LogP contribution in [0.3, 0.4) is 0 Å². The van der Waals surface area contributed by atoms with Gasteiger partial charge in [-0.3, -0.25) is 4.79 Å². The molecule has 3 aromatic rings. The summed E-state index contributed by atoms with van der Waals surface area (Å²) in [5, 5.41) is 7.15. The number of carbonyl (C=O) groups is 1. The summed E-state index contributed by atoms with van der Waals surface area (Å²) in [6.45, 7) is 0.594. The molecule has 1 heterocycles. The first kappa shape index (κ1) is 16.3. The SMILES string of the molecule is CNC(CCc1ccccc1)CNC(=O)c1cccc2occc12. The van der Waals surface area contributed by atoms with Gasteiger partial charge in [0.1, 0.15) is 5.58 Å². The lowest BCUT2D eigenvalue weighted by Crippen LogP contribution is -2.39. The molecule has 1 amide bonds. The van der Waals surface area contributed by atoms with Gasteiger partial charge in [-0.25, -0.2) is 0 Å². The van der Waals surface area contributed by atoms with Gasteiger partial charge in [-0.15, -0.1) is 0 Å². The van der Waals surface area contributed by atoms with Crippen LogP contribution in [0.4, 0.5) is 0 Å². The molecule has 0 radical (unpaired) electrons. The normalized spacial score (nSPS) is 12.2. The van der Waals surface area contributed by atoms with Crippen molar-refractivity contribution in [3.63, 3.8) is 0 Å². The van der Waals surface area contributed by atoms with Gasteiger partial charge in [0.2, 0.25) is 0 Å². The number of rotatable bonds is 7. The molecule has 0 saturated carbocycles. The number of nitrogens with one attached hydrogen (secondary N) is 2. The minimum Gasteiger partial charge on any atom is -0.464 e. The molecule has 0 bridgehead atoms. The Balaban J connectivity index is 1.57. The maximum Gasteiger partial charge on any atom is 0.252 e. The van der Waals surface area contributed by atoms with Gasteiger partial charge < -0.3 is 15.1 Å². The Morgan fingerprint density at radius 2 is 1.92 bits per heavy atom. The van der Waals surface area contributed by atoms with E-state index in [-0.39, 0.29) is 11.9 Å². The molecule has 4 nitrogen and oxygen atoms in total. The summed E-state index contributed by atoms with van der Waals surface area (Å²) in [5.41, 5.74) is 2.70. The third kappa shape index (κ3) is 3.84. The van der Waals surface area contributed by atoms with Crippen LogP contribution in [0.1, 0.15) is 22.3 Å². The Bertz CT molecular complexity index is 796. The maximum absolute atomic E-state index is 12.5. The van der Waals surface area contributed by atoms with E-state index in [1.807, 2.05) is 37.4 Å². The predicted octanol–water partition coefficient (Wildman–Crippen LogP) is 3.38. The van der Waals surface area contributed by atoms with Gasteiger partial charge in [0, 0.05) is 18.0 Å². The summed E-state index contributed by atoms with van der Waals surface area (Å²) < 4.78 is 5.35. The van der Waals surface area contributed by atoms with Crippen LogP contribution in [0, 0.1) is 0 Å². The van der Waals surface area contributed by atoms with Crippen molar-refractivity contribution in [1.82, 2.24) is 10.6 Å². The molecule has 3 rings (SSSR count). The van der Waals surface area contributed by atoms with Gasteiger partial charge in [-0.2, -0.15) is 0 Å². The van der Waals surface area contributed by atoms with Gasteiger partial charge in [-0.1, -0.05) is 36.4 Å². The topological polar surface area (TPSA) is 54.3 Å². The maximum atomic E-state index is 12.5. The molecule has 1 atom stereocenters. The van der Waals surface area contributed by atoms with E-state index in [0.29, 0.717) is 12.1 Å². The zero-order chi connectivity index (χ0) is 16.8. The quantitative estimate of drug-likeness (QED) is 0.701. The molecule has 1 aromatic heterocycles. The van der Waals surface area contributed by atoms with Crippen molar-refractivity contribution < 1.29 is 9.21 Å². The molecule has 4 heteroatoms. The largest absolute Gasteiger partial charge is 0.464 e. The highest BCUT2D eigenvalue weighted by atomic mass is 16.3. The predicted molar refractivity (Wildman–Crippen MR) is 96.2 cm³/mol. The van der Waals surface area contributed by atoms with E-state index in [1.165, 1.54) is 5.56 Å². The number of aryl methyl sites for hydroxylation is 1. The fourth-order valence-corrected chi connectivity index (χ4v) is 2.84. The summed E-state index contributed by atoms with van der Waals surface area (Å²) in [6.07, 6.45) is 3.56. The van der Waals surface area contributed by atoms with Gasteiger partial charge in [-0.05, 0) is 43.7 Å². The summed E-state index contributed by atoms with van der Waals surface area (Å²) in [5.74, 6) is -0.0676. The fraction of sp³-hybridized carbons (Fsp3) is 0.250. The monoisotopic (exact) mass is 322 g/mol. The average molecular weight is 322 g/mol. The molecule has 124 valence electrons. The molecule has 1 unspecified atom stereocenters. The number of hydrogen-bond donors (Lipinski definition) is 2. The number of furan rings is 1. The van der Waals surface area contributed by atoms with Gasteiger partial charge >= 0.3 is 0 Å². The number of carbonyl (C=O) groups excluding carboxylic acids is 1. The van der Waals surface area contributed by atoms with E-state index in [2.05, 4.69) is 34.9 Å². The lowest BCUT2D eigenvalue weighted by atomic mass is 10.0. The Morgan fingerprint density at radius 1 is 1.08 bits per heavy atom. The molecule has 2 aromatic carbocycles. The van der Waals surface area contributed by atoms with Crippen molar-refractivity contribution in [2.24, 2.45) is 0 Å².